The number of aliphatic hydroxyl groups is 1. The lowest BCUT2D eigenvalue weighted by atomic mass is 9.95. The number of benzene rings is 1. The zero-order valence-electron chi connectivity index (χ0n) is 9.45. The van der Waals surface area contributed by atoms with Crippen molar-refractivity contribution in [3.05, 3.63) is 28.8 Å². The fourth-order valence-corrected chi connectivity index (χ4v) is 2.95. The highest BCUT2D eigenvalue weighted by Crippen LogP contribution is 2.37. The highest BCUT2D eigenvalue weighted by atomic mass is 16.3. The van der Waals surface area contributed by atoms with Crippen LogP contribution >= 0.6 is 0 Å². The van der Waals surface area contributed by atoms with Gasteiger partial charge >= 0.3 is 0 Å². The number of anilines is 1. The van der Waals surface area contributed by atoms with Crippen molar-refractivity contribution in [1.29, 1.82) is 0 Å². The fraction of sp³-hybridized carbons (Fsp3) is 0.538. The Kier molecular flexibility index (Phi) is 2.37. The first-order chi connectivity index (χ1) is 7.79. The van der Waals surface area contributed by atoms with E-state index in [-0.39, 0.29) is 0 Å². The van der Waals surface area contributed by atoms with Crippen LogP contribution in [0.4, 0.5) is 5.69 Å². The van der Waals surface area contributed by atoms with Crippen molar-refractivity contribution in [2.45, 2.75) is 25.4 Å². The van der Waals surface area contributed by atoms with Crippen molar-refractivity contribution in [1.82, 2.24) is 0 Å². The van der Waals surface area contributed by atoms with Crippen LogP contribution < -0.4 is 10.6 Å². The zero-order chi connectivity index (χ0) is 11.1. The summed E-state index contributed by atoms with van der Waals surface area (Å²) in [7, 11) is 0. The normalized spacial score (nSPS) is 19.8. The molecule has 3 N–H and O–H groups in total. The van der Waals surface area contributed by atoms with E-state index in [4.69, 9.17) is 5.73 Å². The molecule has 0 fully saturated rings. The van der Waals surface area contributed by atoms with Crippen LogP contribution in [-0.2, 0) is 12.8 Å². The number of hydrogen-bond acceptors (Lipinski definition) is 3. The van der Waals surface area contributed by atoms with E-state index < -0.39 is 6.10 Å². The van der Waals surface area contributed by atoms with Gasteiger partial charge in [-0.15, -0.1) is 0 Å². The molecule has 0 bridgehead atoms. The van der Waals surface area contributed by atoms with Gasteiger partial charge in [-0.25, -0.2) is 0 Å². The van der Waals surface area contributed by atoms with Gasteiger partial charge in [-0.3, -0.25) is 0 Å². The Labute approximate surface area is 95.9 Å². The molecule has 0 saturated heterocycles. The number of aryl methyl sites for hydroxylation is 1. The van der Waals surface area contributed by atoms with Crippen LogP contribution in [0, 0.1) is 0 Å². The zero-order valence-corrected chi connectivity index (χ0v) is 9.45. The number of aliphatic hydroxyl groups excluding tert-OH is 1. The van der Waals surface area contributed by atoms with E-state index in [1.165, 1.54) is 29.8 Å². The van der Waals surface area contributed by atoms with Crippen molar-refractivity contribution in [2.24, 2.45) is 5.73 Å². The summed E-state index contributed by atoms with van der Waals surface area (Å²) in [6.07, 6.45) is 2.99. The second kappa shape index (κ2) is 3.75. The van der Waals surface area contributed by atoms with Crippen LogP contribution in [-0.4, -0.2) is 24.7 Å². The molecule has 0 amide bonds. The van der Waals surface area contributed by atoms with Crippen molar-refractivity contribution in [3.8, 4) is 0 Å². The molecule has 3 nitrogen and oxygen atoms in total. The van der Waals surface area contributed by atoms with E-state index in [2.05, 4.69) is 17.0 Å². The van der Waals surface area contributed by atoms with Gasteiger partial charge in [0.2, 0.25) is 0 Å². The molecule has 2 aliphatic rings. The van der Waals surface area contributed by atoms with Crippen molar-refractivity contribution in [2.75, 3.05) is 24.5 Å². The van der Waals surface area contributed by atoms with Gasteiger partial charge in [0, 0.05) is 25.3 Å². The minimum Gasteiger partial charge on any atom is -0.387 e. The van der Waals surface area contributed by atoms with E-state index in [9.17, 15) is 5.11 Å². The fourth-order valence-electron chi connectivity index (χ4n) is 2.95. The minimum atomic E-state index is -0.502. The Hall–Kier alpha value is -1.06. The third-order valence-corrected chi connectivity index (χ3v) is 3.74. The van der Waals surface area contributed by atoms with Crippen LogP contribution in [0.3, 0.4) is 0 Å². The van der Waals surface area contributed by atoms with Gasteiger partial charge in [0.05, 0.1) is 6.10 Å². The first-order valence-corrected chi connectivity index (χ1v) is 6.08. The second-order valence-corrected chi connectivity index (χ2v) is 4.78. The van der Waals surface area contributed by atoms with Gasteiger partial charge in [-0.1, -0.05) is 12.1 Å². The molecule has 0 spiro atoms. The molecule has 3 heteroatoms. The molecule has 2 heterocycles. The lowest BCUT2D eigenvalue weighted by molar-refractivity contribution is 0.186. The Morgan fingerprint density at radius 2 is 2.00 bits per heavy atom. The monoisotopic (exact) mass is 218 g/mol. The van der Waals surface area contributed by atoms with Crippen LogP contribution in [0.2, 0.25) is 0 Å². The smallest absolute Gasteiger partial charge is 0.0912 e. The predicted octanol–water partition coefficient (Wildman–Crippen LogP) is 0.987. The average molecular weight is 218 g/mol. The molecule has 0 saturated carbocycles. The Morgan fingerprint density at radius 1 is 1.25 bits per heavy atom. The van der Waals surface area contributed by atoms with E-state index in [0.717, 1.165) is 24.9 Å². The van der Waals surface area contributed by atoms with E-state index in [1.54, 1.807) is 0 Å². The molecule has 2 aliphatic heterocycles. The highest BCUT2D eigenvalue weighted by Gasteiger charge is 2.26. The Balaban J connectivity index is 2.08. The molecular formula is C13H18N2O. The molecule has 3 rings (SSSR count). The summed E-state index contributed by atoms with van der Waals surface area (Å²) in [6.45, 7) is 2.64. The van der Waals surface area contributed by atoms with Crippen molar-refractivity contribution in [3.63, 3.8) is 0 Å². The summed E-state index contributed by atoms with van der Waals surface area (Å²) >= 11 is 0. The average Bonchev–Trinajstić information content (AvgIpc) is 2.73. The maximum Gasteiger partial charge on any atom is 0.0912 e. The minimum absolute atomic E-state index is 0.307. The number of nitrogens with zero attached hydrogens (tertiary/aromatic N) is 1. The van der Waals surface area contributed by atoms with Gasteiger partial charge in [0.1, 0.15) is 0 Å². The Morgan fingerprint density at radius 3 is 2.75 bits per heavy atom. The molecule has 16 heavy (non-hydrogen) atoms. The van der Waals surface area contributed by atoms with Crippen molar-refractivity contribution < 1.29 is 5.11 Å². The third-order valence-electron chi connectivity index (χ3n) is 3.74. The summed E-state index contributed by atoms with van der Waals surface area (Å²) in [5, 5.41) is 9.83. The van der Waals surface area contributed by atoms with Gasteiger partial charge < -0.3 is 15.7 Å². The summed E-state index contributed by atoms with van der Waals surface area (Å²) < 4.78 is 0. The van der Waals surface area contributed by atoms with Crippen LogP contribution in [0.5, 0.6) is 0 Å². The molecule has 1 aromatic rings. The van der Waals surface area contributed by atoms with Gasteiger partial charge in [0.15, 0.2) is 0 Å². The van der Waals surface area contributed by atoms with Crippen LogP contribution in [0.25, 0.3) is 0 Å². The first-order valence-electron chi connectivity index (χ1n) is 6.08. The summed E-state index contributed by atoms with van der Waals surface area (Å²) in [5.41, 5.74) is 10.8. The first kappa shape index (κ1) is 10.1. The maximum atomic E-state index is 9.83. The van der Waals surface area contributed by atoms with E-state index >= 15 is 0 Å². The van der Waals surface area contributed by atoms with E-state index in [1.807, 2.05) is 0 Å². The summed E-state index contributed by atoms with van der Waals surface area (Å²) in [4.78, 5) is 2.48. The van der Waals surface area contributed by atoms with Crippen LogP contribution in [0.15, 0.2) is 12.1 Å². The number of rotatable bonds is 2. The molecule has 86 valence electrons. The second-order valence-electron chi connectivity index (χ2n) is 4.78. The van der Waals surface area contributed by atoms with Crippen LogP contribution in [0.1, 0.15) is 29.2 Å². The molecule has 1 atom stereocenters. The summed E-state index contributed by atoms with van der Waals surface area (Å²) in [5.74, 6) is 0. The molecule has 0 radical (unpaired) electrons. The maximum absolute atomic E-state index is 9.83. The lowest BCUT2D eigenvalue weighted by Gasteiger charge is -2.28. The highest BCUT2D eigenvalue weighted by molar-refractivity contribution is 5.66. The standard InChI is InChI=1S/C13H18N2O/c14-8-12(16)11-6-9-2-1-4-15-5-3-10(7-11)13(9)15/h6-7,12,16H,1-5,8,14H2. The Bertz CT molecular complexity index is 417. The predicted molar refractivity (Wildman–Crippen MR) is 64.7 cm³/mol. The molecular weight excluding hydrogens is 200 g/mol. The molecule has 0 aliphatic carbocycles. The molecule has 0 aromatic heterocycles. The SMILES string of the molecule is NCC(O)c1cc2c3c(c1)CCN3CCC2. The summed E-state index contributed by atoms with van der Waals surface area (Å²) in [6, 6.07) is 4.29. The van der Waals surface area contributed by atoms with Gasteiger partial charge in [-0.2, -0.15) is 0 Å². The lowest BCUT2D eigenvalue weighted by Crippen LogP contribution is -2.26. The largest absolute Gasteiger partial charge is 0.387 e. The van der Waals surface area contributed by atoms with E-state index in [0.29, 0.717) is 6.54 Å². The number of nitrogens with two attached hydrogens (primary N) is 1. The van der Waals surface area contributed by atoms with Gasteiger partial charge in [0.25, 0.3) is 0 Å². The third kappa shape index (κ3) is 1.43. The number of hydrogen-bond donors (Lipinski definition) is 2. The molecule has 1 unspecified atom stereocenters. The molecule has 1 aromatic carbocycles. The topological polar surface area (TPSA) is 49.5 Å². The van der Waals surface area contributed by atoms with Gasteiger partial charge in [-0.05, 0) is 36.0 Å². The quantitative estimate of drug-likeness (QED) is 0.778. The van der Waals surface area contributed by atoms with Crippen molar-refractivity contribution >= 4 is 5.69 Å².